The van der Waals surface area contributed by atoms with E-state index in [0.717, 1.165) is 60.4 Å². The minimum Gasteiger partial charge on any atom is -0.379 e. The Bertz CT molecular complexity index is 979. The highest BCUT2D eigenvalue weighted by Crippen LogP contribution is 2.37. The van der Waals surface area contributed by atoms with Crippen molar-refractivity contribution in [1.82, 2.24) is 25.0 Å². The third-order valence-electron chi connectivity index (χ3n) is 4.83. The van der Waals surface area contributed by atoms with Crippen molar-refractivity contribution in [2.45, 2.75) is 49.9 Å². The predicted molar refractivity (Wildman–Crippen MR) is 113 cm³/mol. The van der Waals surface area contributed by atoms with Crippen LogP contribution < -0.4 is 0 Å². The van der Waals surface area contributed by atoms with E-state index in [0.29, 0.717) is 5.89 Å². The van der Waals surface area contributed by atoms with Gasteiger partial charge in [0.15, 0.2) is 5.82 Å². The Morgan fingerprint density at radius 2 is 1.86 bits per heavy atom. The van der Waals surface area contributed by atoms with Crippen molar-refractivity contribution in [3.05, 3.63) is 41.8 Å². The summed E-state index contributed by atoms with van der Waals surface area (Å²) in [4.78, 5) is 16.6. The summed E-state index contributed by atoms with van der Waals surface area (Å²) in [6, 6.07) is 8.14. The zero-order chi connectivity index (χ0) is 20.4. The van der Waals surface area contributed by atoms with E-state index in [4.69, 9.17) is 19.2 Å². The van der Waals surface area contributed by atoms with E-state index in [9.17, 15) is 0 Å². The van der Waals surface area contributed by atoms with Gasteiger partial charge in [0.05, 0.1) is 30.5 Å². The second kappa shape index (κ2) is 8.38. The topological polar surface area (TPSA) is 77.2 Å². The van der Waals surface area contributed by atoms with Crippen LogP contribution in [0, 0.1) is 0 Å². The predicted octanol–water partition coefficient (Wildman–Crippen LogP) is 4.00. The van der Waals surface area contributed by atoms with Crippen molar-refractivity contribution >= 4 is 22.7 Å². The van der Waals surface area contributed by atoms with Gasteiger partial charge in [-0.1, -0.05) is 55.9 Å². The Labute approximate surface area is 175 Å². The molecule has 1 aliphatic heterocycles. The van der Waals surface area contributed by atoms with Crippen LogP contribution in [0.3, 0.4) is 0 Å². The molecule has 0 bridgehead atoms. The third-order valence-corrected chi connectivity index (χ3v) is 5.92. The highest BCUT2D eigenvalue weighted by molar-refractivity contribution is 7.99. The van der Waals surface area contributed by atoms with Gasteiger partial charge >= 0.3 is 0 Å². The highest BCUT2D eigenvalue weighted by Gasteiger charge is 2.24. The molecule has 0 aliphatic carbocycles. The standard InChI is InChI=1S/C21H27N5O2S/c1-14(18-24-20(25-28-18)21(2,3)4)29-19-15-7-5-6-8-16(15)22-17(23-19)13-26-9-11-27-12-10-26/h5-8,14H,9-13H2,1-4H3/t14-/m1/s1. The Hall–Kier alpha value is -2.03. The summed E-state index contributed by atoms with van der Waals surface area (Å²) in [5, 5.41) is 6.14. The molecule has 0 saturated carbocycles. The molecule has 3 aromatic rings. The molecule has 8 heteroatoms. The van der Waals surface area contributed by atoms with Gasteiger partial charge in [0.25, 0.3) is 0 Å². The van der Waals surface area contributed by atoms with Crippen LogP contribution in [0.5, 0.6) is 0 Å². The number of hydrogen-bond acceptors (Lipinski definition) is 8. The summed E-state index contributed by atoms with van der Waals surface area (Å²) in [6.07, 6.45) is 0. The largest absolute Gasteiger partial charge is 0.379 e. The molecule has 2 aromatic heterocycles. The van der Waals surface area contributed by atoms with Crippen molar-refractivity contribution in [2.24, 2.45) is 0 Å². The van der Waals surface area contributed by atoms with E-state index in [1.165, 1.54) is 0 Å². The van der Waals surface area contributed by atoms with Crippen LogP contribution in [0.2, 0.25) is 0 Å². The van der Waals surface area contributed by atoms with Gasteiger partial charge in [0, 0.05) is 23.9 Å². The third kappa shape index (κ3) is 4.76. The number of aromatic nitrogens is 4. The lowest BCUT2D eigenvalue weighted by molar-refractivity contribution is 0.0330. The molecular formula is C21H27N5O2S. The fourth-order valence-corrected chi connectivity index (χ4v) is 4.13. The van der Waals surface area contributed by atoms with Crippen molar-refractivity contribution in [3.8, 4) is 0 Å². The maximum absolute atomic E-state index is 5.54. The summed E-state index contributed by atoms with van der Waals surface area (Å²) >= 11 is 1.64. The monoisotopic (exact) mass is 413 g/mol. The van der Waals surface area contributed by atoms with Crippen LogP contribution in [-0.2, 0) is 16.7 Å². The van der Waals surface area contributed by atoms with E-state index in [1.807, 2.05) is 18.2 Å². The van der Waals surface area contributed by atoms with Crippen LogP contribution >= 0.6 is 11.8 Å². The van der Waals surface area contributed by atoms with Crippen LogP contribution in [0.15, 0.2) is 33.8 Å². The molecule has 0 unspecified atom stereocenters. The van der Waals surface area contributed by atoms with Gasteiger partial charge in [-0.2, -0.15) is 4.98 Å². The maximum Gasteiger partial charge on any atom is 0.239 e. The number of hydrogen-bond donors (Lipinski definition) is 0. The van der Waals surface area contributed by atoms with Crippen LogP contribution in [-0.4, -0.2) is 51.3 Å². The molecule has 1 fully saturated rings. The first-order valence-electron chi connectivity index (χ1n) is 9.96. The Kier molecular flexibility index (Phi) is 5.85. The molecule has 1 aliphatic rings. The normalized spacial score (nSPS) is 17.0. The van der Waals surface area contributed by atoms with Crippen LogP contribution in [0.25, 0.3) is 10.9 Å². The summed E-state index contributed by atoms with van der Waals surface area (Å²) in [6.45, 7) is 12.4. The molecule has 1 aromatic carbocycles. The van der Waals surface area contributed by atoms with Gasteiger partial charge < -0.3 is 9.26 Å². The molecule has 0 radical (unpaired) electrons. The van der Waals surface area contributed by atoms with Gasteiger partial charge in [0.2, 0.25) is 5.89 Å². The number of ether oxygens (including phenoxy) is 1. The highest BCUT2D eigenvalue weighted by atomic mass is 32.2. The number of fused-ring (bicyclic) bond motifs is 1. The Morgan fingerprint density at radius 3 is 2.59 bits per heavy atom. The van der Waals surface area contributed by atoms with E-state index >= 15 is 0 Å². The van der Waals surface area contributed by atoms with Gasteiger partial charge in [0.1, 0.15) is 10.9 Å². The quantitative estimate of drug-likeness (QED) is 0.459. The molecule has 4 rings (SSSR count). The SMILES string of the molecule is C[C@@H](Sc1nc(CN2CCOCC2)nc2ccccc12)c1nc(C(C)(C)C)no1. The summed E-state index contributed by atoms with van der Waals surface area (Å²) in [7, 11) is 0. The molecule has 3 heterocycles. The molecule has 0 spiro atoms. The van der Waals surface area contributed by atoms with Crippen LogP contribution in [0.4, 0.5) is 0 Å². The average Bonchev–Trinajstić information content (AvgIpc) is 3.20. The second-order valence-corrected chi connectivity index (χ2v) is 9.65. The molecule has 0 amide bonds. The van der Waals surface area contributed by atoms with Gasteiger partial charge in [-0.05, 0) is 13.0 Å². The van der Waals surface area contributed by atoms with Crippen molar-refractivity contribution in [1.29, 1.82) is 0 Å². The zero-order valence-electron chi connectivity index (χ0n) is 17.4. The molecule has 29 heavy (non-hydrogen) atoms. The zero-order valence-corrected chi connectivity index (χ0v) is 18.2. The molecule has 1 saturated heterocycles. The lowest BCUT2D eigenvalue weighted by Crippen LogP contribution is -2.36. The molecular weight excluding hydrogens is 386 g/mol. The number of benzene rings is 1. The van der Waals surface area contributed by atoms with Gasteiger partial charge in [-0.25, -0.2) is 9.97 Å². The number of morpholine rings is 1. The molecule has 154 valence electrons. The molecule has 0 N–H and O–H groups in total. The first-order valence-corrected chi connectivity index (χ1v) is 10.8. The first-order chi connectivity index (χ1) is 13.9. The van der Waals surface area contributed by atoms with E-state index in [-0.39, 0.29) is 10.7 Å². The Balaban J connectivity index is 1.60. The van der Waals surface area contributed by atoms with Crippen LogP contribution in [0.1, 0.15) is 50.5 Å². The lowest BCUT2D eigenvalue weighted by Gasteiger charge is -2.26. The maximum atomic E-state index is 5.54. The number of thioether (sulfide) groups is 1. The van der Waals surface area contributed by atoms with Crippen molar-refractivity contribution in [3.63, 3.8) is 0 Å². The first kappa shape index (κ1) is 20.3. The summed E-state index contributed by atoms with van der Waals surface area (Å²) < 4.78 is 11.0. The smallest absolute Gasteiger partial charge is 0.239 e. The summed E-state index contributed by atoms with van der Waals surface area (Å²) in [5.74, 6) is 2.18. The fraction of sp³-hybridized carbons (Fsp3) is 0.524. The van der Waals surface area contributed by atoms with E-state index in [1.54, 1.807) is 11.8 Å². The van der Waals surface area contributed by atoms with Crippen molar-refractivity contribution in [2.75, 3.05) is 26.3 Å². The minimum absolute atomic E-state index is 0.00635. The number of rotatable bonds is 5. The van der Waals surface area contributed by atoms with Gasteiger partial charge in [-0.3, -0.25) is 4.90 Å². The molecule has 7 nitrogen and oxygen atoms in total. The van der Waals surface area contributed by atoms with Crippen molar-refractivity contribution < 1.29 is 9.26 Å². The summed E-state index contributed by atoms with van der Waals surface area (Å²) in [5.41, 5.74) is 0.820. The lowest BCUT2D eigenvalue weighted by atomic mass is 9.96. The Morgan fingerprint density at radius 1 is 1.10 bits per heavy atom. The van der Waals surface area contributed by atoms with E-state index in [2.05, 4.69) is 48.8 Å². The number of para-hydroxylation sites is 1. The molecule has 1 atom stereocenters. The fourth-order valence-electron chi connectivity index (χ4n) is 3.14. The second-order valence-electron chi connectivity index (χ2n) is 8.32. The minimum atomic E-state index is -0.140. The average molecular weight is 414 g/mol. The van der Waals surface area contributed by atoms with Gasteiger partial charge in [-0.15, -0.1) is 0 Å². The van der Waals surface area contributed by atoms with E-state index < -0.39 is 0 Å². The number of nitrogens with zero attached hydrogens (tertiary/aromatic N) is 5.